The van der Waals surface area contributed by atoms with Crippen molar-refractivity contribution in [2.45, 2.75) is 20.0 Å². The van der Waals surface area contributed by atoms with Crippen LogP contribution in [-0.2, 0) is 6.18 Å². The second-order valence-electron chi connectivity index (χ2n) is 3.31. The number of rotatable bonds is 2. The number of hydrogen-bond acceptors (Lipinski definition) is 4. The van der Waals surface area contributed by atoms with E-state index in [-0.39, 0.29) is 17.0 Å². The van der Waals surface area contributed by atoms with Gasteiger partial charge in [0.1, 0.15) is 0 Å². The average Bonchev–Trinajstić information content (AvgIpc) is 2.91. The molecule has 0 fully saturated rings. The van der Waals surface area contributed by atoms with E-state index in [9.17, 15) is 18.0 Å². The van der Waals surface area contributed by atoms with Crippen LogP contribution in [0.25, 0.3) is 11.4 Å². The molecule has 8 heteroatoms. The zero-order chi connectivity index (χ0) is 15.3. The molecular weight excluding hydrogens is 277 g/mol. The van der Waals surface area contributed by atoms with Gasteiger partial charge in [0.15, 0.2) is 0 Å². The Bertz CT molecular complexity index is 594. The molecule has 0 aliphatic heterocycles. The summed E-state index contributed by atoms with van der Waals surface area (Å²) in [5.74, 6) is -2.99. The number of benzene rings is 1. The van der Waals surface area contributed by atoms with E-state index < -0.39 is 18.0 Å². The van der Waals surface area contributed by atoms with Gasteiger partial charge in [0.05, 0.1) is 5.56 Å². The molecule has 1 aromatic heterocycles. The van der Waals surface area contributed by atoms with E-state index in [0.29, 0.717) is 0 Å². The van der Waals surface area contributed by atoms with Gasteiger partial charge >= 0.3 is 18.0 Å². The SMILES string of the molecule is CC.O=C(O)c1cccc(-c2noc(C(F)(F)F)n2)c1. The maximum Gasteiger partial charge on any atom is 0.471 e. The molecule has 20 heavy (non-hydrogen) atoms. The van der Waals surface area contributed by atoms with Crippen molar-refractivity contribution < 1.29 is 27.6 Å². The van der Waals surface area contributed by atoms with Crippen LogP contribution in [0.1, 0.15) is 30.1 Å². The van der Waals surface area contributed by atoms with Crippen molar-refractivity contribution in [3.05, 3.63) is 35.7 Å². The van der Waals surface area contributed by atoms with Crippen LogP contribution in [0.3, 0.4) is 0 Å². The Hall–Kier alpha value is -2.38. The maximum absolute atomic E-state index is 12.2. The number of carboxylic acid groups (broad SMARTS) is 1. The number of aromatic nitrogens is 2. The van der Waals surface area contributed by atoms with Crippen molar-refractivity contribution in [1.29, 1.82) is 0 Å². The standard InChI is InChI=1S/C10H5F3N2O3.C2H6/c11-10(12,13)9-14-7(15-18-9)5-2-1-3-6(4-5)8(16)17;1-2/h1-4H,(H,16,17);1-2H3. The highest BCUT2D eigenvalue weighted by Gasteiger charge is 2.38. The molecule has 1 N–H and O–H groups in total. The van der Waals surface area contributed by atoms with Crippen LogP contribution in [-0.4, -0.2) is 21.2 Å². The molecule has 0 saturated heterocycles. The zero-order valence-electron chi connectivity index (χ0n) is 10.6. The van der Waals surface area contributed by atoms with Gasteiger partial charge in [-0.1, -0.05) is 31.1 Å². The van der Waals surface area contributed by atoms with Crippen molar-refractivity contribution >= 4 is 5.97 Å². The Morgan fingerprint density at radius 1 is 1.30 bits per heavy atom. The van der Waals surface area contributed by atoms with Crippen molar-refractivity contribution in [3.63, 3.8) is 0 Å². The molecule has 0 atom stereocenters. The largest absolute Gasteiger partial charge is 0.478 e. The summed E-state index contributed by atoms with van der Waals surface area (Å²) in [5.41, 5.74) is 0.0556. The molecule has 0 aliphatic rings. The lowest BCUT2D eigenvalue weighted by Gasteiger charge is -1.97. The van der Waals surface area contributed by atoms with Gasteiger partial charge in [-0.05, 0) is 12.1 Å². The summed E-state index contributed by atoms with van der Waals surface area (Å²) in [6.07, 6.45) is -4.73. The third kappa shape index (κ3) is 3.56. The fourth-order valence-corrected chi connectivity index (χ4v) is 1.25. The molecule has 0 spiro atoms. The van der Waals surface area contributed by atoms with E-state index in [0.717, 1.165) is 6.07 Å². The van der Waals surface area contributed by atoms with E-state index in [4.69, 9.17) is 5.11 Å². The van der Waals surface area contributed by atoms with Crippen LogP contribution in [0.15, 0.2) is 28.8 Å². The van der Waals surface area contributed by atoms with Crippen LogP contribution < -0.4 is 0 Å². The Kier molecular flexibility index (Phi) is 4.84. The van der Waals surface area contributed by atoms with Crippen LogP contribution in [0, 0.1) is 0 Å². The van der Waals surface area contributed by atoms with Crippen LogP contribution in [0.4, 0.5) is 13.2 Å². The summed E-state index contributed by atoms with van der Waals surface area (Å²) in [4.78, 5) is 13.9. The van der Waals surface area contributed by atoms with Gasteiger partial charge < -0.3 is 9.63 Å². The molecule has 1 aromatic carbocycles. The van der Waals surface area contributed by atoms with Crippen molar-refractivity contribution in [1.82, 2.24) is 10.1 Å². The quantitative estimate of drug-likeness (QED) is 0.915. The lowest BCUT2D eigenvalue weighted by Crippen LogP contribution is -2.04. The molecule has 1 heterocycles. The summed E-state index contributed by atoms with van der Waals surface area (Å²) in [6, 6.07) is 5.23. The summed E-state index contributed by atoms with van der Waals surface area (Å²) in [5, 5.41) is 11.9. The first-order chi connectivity index (χ1) is 9.38. The van der Waals surface area contributed by atoms with Crippen molar-refractivity contribution in [2.24, 2.45) is 0 Å². The monoisotopic (exact) mass is 288 g/mol. The second-order valence-corrected chi connectivity index (χ2v) is 3.31. The molecule has 0 unspecified atom stereocenters. The van der Waals surface area contributed by atoms with E-state index in [2.05, 4.69) is 14.7 Å². The Morgan fingerprint density at radius 2 is 1.95 bits per heavy atom. The Morgan fingerprint density at radius 3 is 2.45 bits per heavy atom. The number of carbonyl (C=O) groups is 1. The molecule has 0 saturated carbocycles. The van der Waals surface area contributed by atoms with E-state index in [1.54, 1.807) is 0 Å². The normalized spacial score (nSPS) is 10.7. The minimum absolute atomic E-state index is 0.0779. The first-order valence-corrected chi connectivity index (χ1v) is 5.62. The molecule has 0 radical (unpaired) electrons. The van der Waals surface area contributed by atoms with Gasteiger partial charge in [0.25, 0.3) is 0 Å². The smallest absolute Gasteiger partial charge is 0.471 e. The predicted octanol–water partition coefficient (Wildman–Crippen LogP) is 3.48. The van der Waals surface area contributed by atoms with E-state index >= 15 is 0 Å². The Labute approximate surface area is 112 Å². The lowest BCUT2D eigenvalue weighted by atomic mass is 10.1. The lowest BCUT2D eigenvalue weighted by molar-refractivity contribution is -0.159. The summed E-state index contributed by atoms with van der Waals surface area (Å²) in [7, 11) is 0. The van der Waals surface area contributed by atoms with Gasteiger partial charge in [-0.15, -0.1) is 0 Å². The molecule has 2 aromatic rings. The van der Waals surface area contributed by atoms with Crippen LogP contribution in [0.2, 0.25) is 0 Å². The molecule has 108 valence electrons. The fraction of sp³-hybridized carbons (Fsp3) is 0.250. The van der Waals surface area contributed by atoms with E-state index in [1.165, 1.54) is 18.2 Å². The van der Waals surface area contributed by atoms with Crippen molar-refractivity contribution in [2.75, 3.05) is 0 Å². The van der Waals surface area contributed by atoms with E-state index in [1.807, 2.05) is 13.8 Å². The number of halogens is 3. The molecule has 0 amide bonds. The van der Waals surface area contributed by atoms with Crippen LogP contribution >= 0.6 is 0 Å². The van der Waals surface area contributed by atoms with Gasteiger partial charge in [0.2, 0.25) is 5.82 Å². The van der Waals surface area contributed by atoms with Gasteiger partial charge in [0, 0.05) is 5.56 Å². The minimum Gasteiger partial charge on any atom is -0.478 e. The van der Waals surface area contributed by atoms with Crippen LogP contribution in [0.5, 0.6) is 0 Å². The molecule has 0 aliphatic carbocycles. The number of aromatic carboxylic acids is 1. The first-order valence-electron chi connectivity index (χ1n) is 5.62. The number of hydrogen-bond donors (Lipinski definition) is 1. The predicted molar refractivity (Wildman–Crippen MR) is 63.0 cm³/mol. The molecule has 5 nitrogen and oxygen atoms in total. The summed E-state index contributed by atoms with van der Waals surface area (Å²) >= 11 is 0. The fourth-order valence-electron chi connectivity index (χ4n) is 1.25. The number of nitrogens with zero attached hydrogens (tertiary/aromatic N) is 2. The third-order valence-corrected chi connectivity index (χ3v) is 2.04. The maximum atomic E-state index is 12.2. The van der Waals surface area contributed by atoms with Gasteiger partial charge in [-0.2, -0.15) is 18.2 Å². The van der Waals surface area contributed by atoms with Gasteiger partial charge in [-0.25, -0.2) is 4.79 Å². The Balaban J connectivity index is 0.000000956. The highest BCUT2D eigenvalue weighted by Crippen LogP contribution is 2.29. The molecule has 2 rings (SSSR count). The number of carboxylic acids is 1. The third-order valence-electron chi connectivity index (χ3n) is 2.04. The zero-order valence-corrected chi connectivity index (χ0v) is 10.6. The number of alkyl halides is 3. The topological polar surface area (TPSA) is 76.2 Å². The van der Waals surface area contributed by atoms with Crippen molar-refractivity contribution in [3.8, 4) is 11.4 Å². The summed E-state index contributed by atoms with van der Waals surface area (Å²) in [6.45, 7) is 4.00. The average molecular weight is 288 g/mol. The first kappa shape index (κ1) is 15.7. The minimum atomic E-state index is -4.73. The molecule has 0 bridgehead atoms. The second kappa shape index (κ2) is 6.18. The summed E-state index contributed by atoms with van der Waals surface area (Å²) < 4.78 is 40.8. The highest BCUT2D eigenvalue weighted by molar-refractivity contribution is 5.89. The molecular formula is C12H11F3N2O3. The highest BCUT2D eigenvalue weighted by atomic mass is 19.4. The van der Waals surface area contributed by atoms with Gasteiger partial charge in [-0.3, -0.25) is 0 Å².